The third-order valence-electron chi connectivity index (χ3n) is 5.94. The number of fused-ring (bicyclic) bond motifs is 9. The molecule has 0 spiro atoms. The van der Waals surface area contributed by atoms with Crippen LogP contribution in [0.3, 0.4) is 0 Å². The number of nitrogens with zero attached hydrogens (tertiary/aromatic N) is 1. The van der Waals surface area contributed by atoms with Gasteiger partial charge in [-0.15, -0.1) is 0 Å². The number of nitrogens with one attached hydrogen (secondary N) is 1. The molecule has 0 saturated heterocycles. The van der Waals surface area contributed by atoms with E-state index in [1.807, 2.05) is 6.07 Å². The van der Waals surface area contributed by atoms with Crippen LogP contribution in [-0.2, 0) is 19.9 Å². The highest BCUT2D eigenvalue weighted by Crippen LogP contribution is 2.42. The van der Waals surface area contributed by atoms with Crippen LogP contribution in [0.25, 0.3) is 44.0 Å². The van der Waals surface area contributed by atoms with Crippen molar-refractivity contribution in [2.75, 3.05) is 0 Å². The van der Waals surface area contributed by atoms with Crippen molar-refractivity contribution in [3.8, 4) is 11.3 Å². The predicted molar refractivity (Wildman–Crippen MR) is 110 cm³/mol. The van der Waals surface area contributed by atoms with Crippen molar-refractivity contribution < 1.29 is 0 Å². The van der Waals surface area contributed by atoms with E-state index in [1.165, 1.54) is 55.1 Å². The molecule has 0 fully saturated rings. The molecular formula is C23H17ClN2. The first-order valence-electron chi connectivity index (χ1n) is 9.02. The van der Waals surface area contributed by atoms with E-state index in [2.05, 4.69) is 65.1 Å². The lowest BCUT2D eigenvalue weighted by molar-refractivity contribution is 0.931. The maximum absolute atomic E-state index is 6.25. The third kappa shape index (κ3) is 1.72. The fourth-order valence-corrected chi connectivity index (χ4v) is 4.97. The number of halogens is 1. The summed E-state index contributed by atoms with van der Waals surface area (Å²) in [5.41, 5.74) is 9.27. The van der Waals surface area contributed by atoms with Gasteiger partial charge in [-0.2, -0.15) is 0 Å². The molecule has 1 N–H and O–H groups in total. The molecule has 5 aromatic rings. The number of benzene rings is 3. The second-order valence-corrected chi connectivity index (χ2v) is 7.67. The lowest BCUT2D eigenvalue weighted by Gasteiger charge is -2.18. The molecule has 0 amide bonds. The minimum Gasteiger partial charge on any atom is -0.354 e. The summed E-state index contributed by atoms with van der Waals surface area (Å²) in [7, 11) is 2.19. The Kier molecular flexibility index (Phi) is 2.74. The largest absolute Gasteiger partial charge is 0.354 e. The lowest BCUT2D eigenvalue weighted by atomic mass is 9.87. The zero-order chi connectivity index (χ0) is 17.4. The number of aromatic amines is 1. The quantitative estimate of drug-likeness (QED) is 0.339. The standard InChI is InChI=1S/C23H17ClN2/c1-26-21-5-3-2-4-14(21)17-9-7-15-18(23(17)26)10-8-16-19-12-13(24)6-11-20(19)25-22(15)16/h2-7,9,11-12,25H,8,10H2,1H3. The van der Waals surface area contributed by atoms with Crippen LogP contribution in [0.5, 0.6) is 0 Å². The molecule has 3 heteroatoms. The Balaban J connectivity index is 1.73. The van der Waals surface area contributed by atoms with E-state index in [1.54, 1.807) is 0 Å². The first-order valence-corrected chi connectivity index (χ1v) is 9.39. The maximum Gasteiger partial charge on any atom is 0.0528 e. The van der Waals surface area contributed by atoms with E-state index in [-0.39, 0.29) is 0 Å². The molecule has 0 saturated carbocycles. The van der Waals surface area contributed by atoms with Gasteiger partial charge in [0.1, 0.15) is 0 Å². The van der Waals surface area contributed by atoms with Crippen LogP contribution in [0.15, 0.2) is 54.6 Å². The minimum absolute atomic E-state index is 0.800. The Morgan fingerprint density at radius 3 is 2.65 bits per heavy atom. The van der Waals surface area contributed by atoms with Crippen molar-refractivity contribution in [3.05, 3.63) is 70.7 Å². The molecule has 0 atom stereocenters. The maximum atomic E-state index is 6.25. The molecule has 6 rings (SSSR count). The molecule has 0 bridgehead atoms. The Morgan fingerprint density at radius 1 is 0.885 bits per heavy atom. The summed E-state index contributed by atoms with van der Waals surface area (Å²) >= 11 is 6.25. The molecule has 3 aromatic carbocycles. The van der Waals surface area contributed by atoms with Gasteiger partial charge in [0.15, 0.2) is 0 Å². The van der Waals surface area contributed by atoms with Crippen molar-refractivity contribution in [1.82, 2.24) is 9.55 Å². The van der Waals surface area contributed by atoms with Gasteiger partial charge in [0.2, 0.25) is 0 Å². The monoisotopic (exact) mass is 356 g/mol. The predicted octanol–water partition coefficient (Wildman–Crippen LogP) is 6.23. The van der Waals surface area contributed by atoms with Gasteiger partial charge in [-0.1, -0.05) is 41.9 Å². The summed E-state index contributed by atoms with van der Waals surface area (Å²) in [6, 6.07) is 19.4. The van der Waals surface area contributed by atoms with Crippen LogP contribution in [0, 0.1) is 0 Å². The number of para-hydroxylation sites is 1. The molecule has 126 valence electrons. The van der Waals surface area contributed by atoms with E-state index in [9.17, 15) is 0 Å². The highest BCUT2D eigenvalue weighted by atomic mass is 35.5. The summed E-state index contributed by atoms with van der Waals surface area (Å²) in [4.78, 5) is 3.65. The summed E-state index contributed by atoms with van der Waals surface area (Å²) in [6.07, 6.45) is 2.10. The highest BCUT2D eigenvalue weighted by molar-refractivity contribution is 6.31. The average Bonchev–Trinajstić information content (AvgIpc) is 3.18. The smallest absolute Gasteiger partial charge is 0.0528 e. The van der Waals surface area contributed by atoms with Gasteiger partial charge < -0.3 is 9.55 Å². The molecular weight excluding hydrogens is 340 g/mol. The van der Waals surface area contributed by atoms with Crippen molar-refractivity contribution in [2.45, 2.75) is 12.8 Å². The SMILES string of the molecule is Cn1c2ccccc2c2ccc3c(c21)CCc1c-3[nH]c2ccc(Cl)cc12. The molecule has 0 aliphatic heterocycles. The lowest BCUT2D eigenvalue weighted by Crippen LogP contribution is -2.05. The number of H-pyrrole nitrogens is 1. The molecule has 2 heterocycles. The molecule has 2 nitrogen and oxygen atoms in total. The Labute approximate surface area is 156 Å². The first-order chi connectivity index (χ1) is 12.7. The van der Waals surface area contributed by atoms with Crippen molar-refractivity contribution in [3.63, 3.8) is 0 Å². The number of rotatable bonds is 0. The summed E-state index contributed by atoms with van der Waals surface area (Å²) in [6.45, 7) is 0. The molecule has 0 radical (unpaired) electrons. The zero-order valence-corrected chi connectivity index (χ0v) is 15.2. The second kappa shape index (κ2) is 4.93. The summed E-state index contributed by atoms with van der Waals surface area (Å²) in [5.74, 6) is 0. The summed E-state index contributed by atoms with van der Waals surface area (Å²) < 4.78 is 2.36. The fourth-order valence-electron chi connectivity index (χ4n) is 4.80. The highest BCUT2D eigenvalue weighted by Gasteiger charge is 2.24. The van der Waals surface area contributed by atoms with Gasteiger partial charge in [0.05, 0.1) is 11.2 Å². The number of aromatic nitrogens is 2. The van der Waals surface area contributed by atoms with Crippen LogP contribution in [0.1, 0.15) is 11.1 Å². The number of hydrogen-bond donors (Lipinski definition) is 1. The van der Waals surface area contributed by atoms with Gasteiger partial charge in [-0.05, 0) is 48.2 Å². The topological polar surface area (TPSA) is 20.7 Å². The number of hydrogen-bond acceptors (Lipinski definition) is 0. The van der Waals surface area contributed by atoms with Crippen molar-refractivity contribution in [1.29, 1.82) is 0 Å². The van der Waals surface area contributed by atoms with Crippen LogP contribution < -0.4 is 0 Å². The van der Waals surface area contributed by atoms with Gasteiger partial charge in [-0.25, -0.2) is 0 Å². The first kappa shape index (κ1) is 14.5. The van der Waals surface area contributed by atoms with Crippen LogP contribution in [-0.4, -0.2) is 9.55 Å². The van der Waals surface area contributed by atoms with E-state index >= 15 is 0 Å². The minimum atomic E-state index is 0.800. The average molecular weight is 357 g/mol. The molecule has 0 unspecified atom stereocenters. The third-order valence-corrected chi connectivity index (χ3v) is 6.17. The zero-order valence-electron chi connectivity index (χ0n) is 14.4. The van der Waals surface area contributed by atoms with Gasteiger partial charge in [0, 0.05) is 44.8 Å². The van der Waals surface area contributed by atoms with Crippen LogP contribution in [0.2, 0.25) is 5.02 Å². The van der Waals surface area contributed by atoms with E-state index < -0.39 is 0 Å². The molecule has 1 aliphatic rings. The normalized spacial score (nSPS) is 13.5. The summed E-state index contributed by atoms with van der Waals surface area (Å²) in [5, 5.41) is 4.75. The van der Waals surface area contributed by atoms with Gasteiger partial charge in [-0.3, -0.25) is 0 Å². The van der Waals surface area contributed by atoms with E-state index in [0.29, 0.717) is 0 Å². The van der Waals surface area contributed by atoms with E-state index in [4.69, 9.17) is 11.6 Å². The molecule has 2 aromatic heterocycles. The van der Waals surface area contributed by atoms with Crippen LogP contribution in [0.4, 0.5) is 0 Å². The number of aryl methyl sites for hydroxylation is 3. The Hall–Kier alpha value is -2.71. The fraction of sp³-hybridized carbons (Fsp3) is 0.130. The van der Waals surface area contributed by atoms with Crippen molar-refractivity contribution in [2.24, 2.45) is 7.05 Å². The Morgan fingerprint density at radius 2 is 1.73 bits per heavy atom. The molecule has 1 aliphatic carbocycles. The second-order valence-electron chi connectivity index (χ2n) is 7.23. The Bertz CT molecular complexity index is 1350. The van der Waals surface area contributed by atoms with Gasteiger partial charge in [0.25, 0.3) is 0 Å². The van der Waals surface area contributed by atoms with E-state index in [0.717, 1.165) is 17.9 Å². The molecule has 26 heavy (non-hydrogen) atoms. The van der Waals surface area contributed by atoms with Gasteiger partial charge >= 0.3 is 0 Å². The van der Waals surface area contributed by atoms with Crippen LogP contribution >= 0.6 is 11.6 Å². The van der Waals surface area contributed by atoms with Crippen molar-refractivity contribution >= 4 is 44.3 Å².